The molecule has 0 aromatic heterocycles. The van der Waals surface area contributed by atoms with Crippen LogP contribution in [-0.2, 0) is 31.2 Å². The first kappa shape index (κ1) is 32.3. The summed E-state index contributed by atoms with van der Waals surface area (Å²) >= 11 is 5.06. The summed E-state index contributed by atoms with van der Waals surface area (Å²) in [6.45, 7) is 12.5. The number of ether oxygens (including phenoxy) is 1. The quantitative estimate of drug-likeness (QED) is 0.402. The van der Waals surface area contributed by atoms with Gasteiger partial charge in [-0.25, -0.2) is 0 Å². The fourth-order valence-electron chi connectivity index (χ4n) is 0.200. The molecule has 0 saturated carbocycles. The molecule has 0 fully saturated rings. The van der Waals surface area contributed by atoms with Crippen molar-refractivity contribution >= 4 is 17.6 Å². The number of aliphatic hydroxyl groups excluding tert-OH is 3. The van der Waals surface area contributed by atoms with Gasteiger partial charge >= 0.3 is 5.97 Å². The van der Waals surface area contributed by atoms with Crippen molar-refractivity contribution in [2.24, 2.45) is 0 Å². The fourth-order valence-corrected chi connectivity index (χ4v) is 0.277. The van der Waals surface area contributed by atoms with Crippen molar-refractivity contribution in [2.75, 3.05) is 12.5 Å². The smallest absolute Gasteiger partial charge is 0.320 e. The summed E-state index contributed by atoms with van der Waals surface area (Å²) in [5.41, 5.74) is 0. The van der Waals surface area contributed by atoms with Gasteiger partial charge in [0.25, 0.3) is 0 Å². The molecule has 0 unspecified atom stereocenters. The zero-order chi connectivity index (χ0) is 16.4. The van der Waals surface area contributed by atoms with Crippen LogP contribution in [0.15, 0.2) is 0 Å². The minimum absolute atomic E-state index is 0. The average molecular weight is 351 g/mol. The molecule has 0 spiro atoms. The van der Waals surface area contributed by atoms with E-state index in [1.807, 2.05) is 0 Å². The predicted molar refractivity (Wildman–Crippen MR) is 79.4 cm³/mol. The van der Waals surface area contributed by atoms with Gasteiger partial charge in [0.1, 0.15) is 5.88 Å². The molecule has 0 aromatic carbocycles. The molecule has 0 bridgehead atoms. The van der Waals surface area contributed by atoms with Crippen molar-refractivity contribution in [3.63, 3.8) is 0 Å². The van der Waals surface area contributed by atoms with Gasteiger partial charge in [0.2, 0.25) is 0 Å². The number of esters is 1. The predicted octanol–water partition coefficient (Wildman–Crippen LogP) is 1.95. The number of rotatable bonds is 2. The van der Waals surface area contributed by atoms with Crippen molar-refractivity contribution in [3.05, 3.63) is 0 Å². The van der Waals surface area contributed by atoms with E-state index < -0.39 is 0 Å². The van der Waals surface area contributed by atoms with Gasteiger partial charge in [0.05, 0.1) is 6.61 Å². The van der Waals surface area contributed by atoms with Gasteiger partial charge in [-0.1, -0.05) is 0 Å². The number of carbonyl (C=O) groups is 1. The van der Waals surface area contributed by atoms with E-state index in [1.54, 1.807) is 48.5 Å². The van der Waals surface area contributed by atoms with E-state index in [1.165, 1.54) is 0 Å². The van der Waals surface area contributed by atoms with E-state index in [0.29, 0.717) is 6.61 Å². The Bertz CT molecular complexity index is 144. The number of hydrogen-bond donors (Lipinski definition) is 3. The van der Waals surface area contributed by atoms with Crippen molar-refractivity contribution < 1.29 is 46.6 Å². The monoisotopic (exact) mass is 350 g/mol. The standard InChI is InChI=1S/C4H7ClO2.3C3H8O.Ti/c1-2-7-4(6)3-5;3*1-3(2)4;/h2-3H2,1H3;3*3-4H,1-2H3;. The molecule has 20 heavy (non-hydrogen) atoms. The van der Waals surface area contributed by atoms with Crippen LogP contribution in [0, 0.1) is 0 Å². The van der Waals surface area contributed by atoms with Gasteiger partial charge < -0.3 is 20.1 Å². The van der Waals surface area contributed by atoms with E-state index >= 15 is 0 Å². The fraction of sp³-hybridized carbons (Fsp3) is 0.923. The summed E-state index contributed by atoms with van der Waals surface area (Å²) in [5.74, 6) is -0.405. The third kappa shape index (κ3) is 193. The second kappa shape index (κ2) is 27.7. The number of halogens is 1. The maximum Gasteiger partial charge on any atom is 0.320 e. The van der Waals surface area contributed by atoms with Crippen LogP contribution in [0.5, 0.6) is 0 Å². The van der Waals surface area contributed by atoms with E-state index in [2.05, 4.69) is 4.74 Å². The number of alkyl halides is 1. The van der Waals surface area contributed by atoms with Crippen molar-refractivity contribution in [1.82, 2.24) is 0 Å². The van der Waals surface area contributed by atoms with Gasteiger partial charge in [0.15, 0.2) is 0 Å². The zero-order valence-electron chi connectivity index (χ0n) is 13.7. The molecule has 3 N–H and O–H groups in total. The van der Waals surface area contributed by atoms with E-state index in [0.717, 1.165) is 0 Å². The molecule has 0 aliphatic rings. The molecule has 0 heterocycles. The maximum absolute atomic E-state index is 10.1. The summed E-state index contributed by atoms with van der Waals surface area (Å²) in [6, 6.07) is 0. The number of aliphatic hydroxyl groups is 3. The molecule has 0 amide bonds. The molecule has 5 nitrogen and oxygen atoms in total. The van der Waals surface area contributed by atoms with E-state index in [9.17, 15) is 4.79 Å². The van der Waals surface area contributed by atoms with Crippen molar-refractivity contribution in [3.8, 4) is 0 Å². The van der Waals surface area contributed by atoms with Crippen molar-refractivity contribution in [2.45, 2.75) is 66.8 Å². The SMILES string of the molecule is CC(C)O.CC(C)O.CC(C)O.CCOC(=O)CCl.[Ti]. The Morgan fingerprint density at radius 2 is 1.15 bits per heavy atom. The Balaban J connectivity index is -0.0000000512. The van der Waals surface area contributed by atoms with Crippen LogP contribution in [0.4, 0.5) is 0 Å². The van der Waals surface area contributed by atoms with Crippen LogP contribution in [0.3, 0.4) is 0 Å². The molecule has 0 radical (unpaired) electrons. The minimum atomic E-state index is -0.357. The van der Waals surface area contributed by atoms with Gasteiger partial charge in [0, 0.05) is 40.0 Å². The first-order valence-electron chi connectivity index (χ1n) is 6.26. The largest absolute Gasteiger partial charge is 0.465 e. The van der Waals surface area contributed by atoms with Crippen molar-refractivity contribution in [1.29, 1.82) is 0 Å². The Morgan fingerprint density at radius 1 is 0.950 bits per heavy atom. The number of carbonyl (C=O) groups excluding carboxylic acids is 1. The third-order valence-electron chi connectivity index (χ3n) is 0.414. The second-order valence-electron chi connectivity index (χ2n) is 4.22. The van der Waals surface area contributed by atoms with Crippen LogP contribution in [0.25, 0.3) is 0 Å². The average Bonchev–Trinajstić information content (AvgIpc) is 2.15. The van der Waals surface area contributed by atoms with Gasteiger partial charge in [-0.05, 0) is 48.5 Å². The summed E-state index contributed by atoms with van der Waals surface area (Å²) in [7, 11) is 0. The Labute approximate surface area is 143 Å². The van der Waals surface area contributed by atoms with Crippen LogP contribution in [0.2, 0.25) is 0 Å². The summed E-state index contributed by atoms with van der Waals surface area (Å²) in [4.78, 5) is 10.1. The summed E-state index contributed by atoms with van der Waals surface area (Å²) in [6.07, 6.45) is -0.500. The Kier molecular flexibility index (Phi) is 44.7. The molecule has 0 aliphatic heterocycles. The zero-order valence-corrected chi connectivity index (χ0v) is 16.0. The molecular formula is C13H31ClO5Ti. The van der Waals surface area contributed by atoms with E-state index in [-0.39, 0.29) is 51.9 Å². The third-order valence-corrected chi connectivity index (χ3v) is 0.633. The second-order valence-corrected chi connectivity index (χ2v) is 4.49. The molecule has 0 atom stereocenters. The van der Waals surface area contributed by atoms with Crippen LogP contribution in [-0.4, -0.2) is 52.1 Å². The van der Waals surface area contributed by atoms with Crippen LogP contribution < -0.4 is 0 Å². The number of hydrogen-bond acceptors (Lipinski definition) is 5. The topological polar surface area (TPSA) is 87.0 Å². The molecule has 0 rings (SSSR count). The molecule has 124 valence electrons. The molecule has 7 heteroatoms. The maximum atomic E-state index is 10.1. The molecular weight excluding hydrogens is 319 g/mol. The molecule has 0 aliphatic carbocycles. The Morgan fingerprint density at radius 3 is 1.20 bits per heavy atom. The molecule has 0 saturated heterocycles. The van der Waals surface area contributed by atoms with E-state index in [4.69, 9.17) is 26.9 Å². The summed E-state index contributed by atoms with van der Waals surface area (Å²) in [5, 5.41) is 24.2. The Hall–Kier alpha value is 0.354. The molecule has 0 aromatic rings. The van der Waals surface area contributed by atoms with Crippen LogP contribution in [0.1, 0.15) is 48.5 Å². The van der Waals surface area contributed by atoms with Gasteiger partial charge in [-0.2, -0.15) is 0 Å². The minimum Gasteiger partial charge on any atom is -0.465 e. The van der Waals surface area contributed by atoms with Gasteiger partial charge in [-0.15, -0.1) is 11.6 Å². The normalized spacial score (nSPS) is 8.30. The first-order chi connectivity index (χ1) is 8.50. The first-order valence-corrected chi connectivity index (χ1v) is 6.80. The van der Waals surface area contributed by atoms with Crippen LogP contribution >= 0.6 is 11.6 Å². The summed E-state index contributed by atoms with van der Waals surface area (Å²) < 4.78 is 4.42. The van der Waals surface area contributed by atoms with Gasteiger partial charge in [-0.3, -0.25) is 4.79 Å².